The van der Waals surface area contributed by atoms with Gasteiger partial charge in [-0.15, -0.1) is 0 Å². The molecule has 0 spiro atoms. The summed E-state index contributed by atoms with van der Waals surface area (Å²) in [4.78, 5) is 13.4. The third-order valence-electron chi connectivity index (χ3n) is 2.63. The molecule has 16 heavy (non-hydrogen) atoms. The van der Waals surface area contributed by atoms with Crippen LogP contribution < -0.4 is 0 Å². The predicted octanol–water partition coefficient (Wildman–Crippen LogP) is 1.41. The van der Waals surface area contributed by atoms with Crippen LogP contribution in [-0.4, -0.2) is 35.9 Å². The molecule has 0 N–H and O–H groups in total. The first kappa shape index (κ1) is 13.5. The standard InChI is InChI=1S/C11H21NO3S/c1-10(2,3)9-12(11(4,5)6)8(13)7-16(9,14)15/h9H,7H2,1-6H3. The van der Waals surface area contributed by atoms with Gasteiger partial charge in [0.05, 0.1) is 0 Å². The Labute approximate surface area is 97.9 Å². The second-order valence-electron chi connectivity index (χ2n) is 6.46. The molecule has 0 saturated carbocycles. The number of hydrogen-bond donors (Lipinski definition) is 0. The monoisotopic (exact) mass is 247 g/mol. The molecule has 1 saturated heterocycles. The van der Waals surface area contributed by atoms with E-state index < -0.39 is 26.2 Å². The van der Waals surface area contributed by atoms with Gasteiger partial charge in [-0.1, -0.05) is 20.8 Å². The van der Waals surface area contributed by atoms with Gasteiger partial charge in [0.15, 0.2) is 9.84 Å². The molecule has 1 unspecified atom stereocenters. The van der Waals surface area contributed by atoms with Gasteiger partial charge in [-0.3, -0.25) is 4.79 Å². The molecule has 1 rings (SSSR count). The molecule has 1 atom stereocenters. The Morgan fingerprint density at radius 2 is 1.56 bits per heavy atom. The van der Waals surface area contributed by atoms with Crippen LogP contribution in [0.1, 0.15) is 41.5 Å². The van der Waals surface area contributed by atoms with E-state index in [-0.39, 0.29) is 11.7 Å². The van der Waals surface area contributed by atoms with Crippen LogP contribution in [-0.2, 0) is 14.6 Å². The number of carbonyl (C=O) groups excluding carboxylic acids is 1. The summed E-state index contributed by atoms with van der Waals surface area (Å²) in [6.45, 7) is 11.2. The van der Waals surface area contributed by atoms with Crippen molar-refractivity contribution in [3.8, 4) is 0 Å². The average molecular weight is 247 g/mol. The Bertz CT molecular complexity index is 398. The first-order chi connectivity index (χ1) is 6.87. The maximum atomic E-state index is 12.0. The molecule has 1 aliphatic heterocycles. The summed E-state index contributed by atoms with van der Waals surface area (Å²) < 4.78 is 24.0. The summed E-state index contributed by atoms with van der Waals surface area (Å²) in [5.41, 5.74) is -0.920. The van der Waals surface area contributed by atoms with E-state index >= 15 is 0 Å². The van der Waals surface area contributed by atoms with Crippen LogP contribution in [0.4, 0.5) is 0 Å². The van der Waals surface area contributed by atoms with Crippen LogP contribution in [0.2, 0.25) is 0 Å². The topological polar surface area (TPSA) is 54.5 Å². The van der Waals surface area contributed by atoms with E-state index in [4.69, 9.17) is 0 Å². The molecule has 0 aromatic rings. The van der Waals surface area contributed by atoms with E-state index in [0.29, 0.717) is 0 Å². The van der Waals surface area contributed by atoms with Gasteiger partial charge in [-0.25, -0.2) is 8.42 Å². The van der Waals surface area contributed by atoms with Crippen molar-refractivity contribution < 1.29 is 13.2 Å². The van der Waals surface area contributed by atoms with E-state index in [2.05, 4.69) is 0 Å². The van der Waals surface area contributed by atoms with Crippen LogP contribution in [0.5, 0.6) is 0 Å². The molecule has 0 aromatic carbocycles. The minimum Gasteiger partial charge on any atom is -0.319 e. The van der Waals surface area contributed by atoms with Crippen molar-refractivity contribution >= 4 is 15.7 Å². The average Bonchev–Trinajstić information content (AvgIpc) is 2.16. The highest BCUT2D eigenvalue weighted by Gasteiger charge is 2.53. The van der Waals surface area contributed by atoms with Crippen molar-refractivity contribution in [2.24, 2.45) is 5.41 Å². The molecule has 4 nitrogen and oxygen atoms in total. The first-order valence-electron chi connectivity index (χ1n) is 5.41. The number of carbonyl (C=O) groups is 1. The van der Waals surface area contributed by atoms with E-state index in [9.17, 15) is 13.2 Å². The van der Waals surface area contributed by atoms with Crippen LogP contribution in [0, 0.1) is 5.41 Å². The Kier molecular flexibility index (Phi) is 2.91. The second kappa shape index (κ2) is 3.45. The molecule has 1 heterocycles. The number of nitrogens with zero attached hydrogens (tertiary/aromatic N) is 1. The number of rotatable bonds is 0. The number of sulfone groups is 1. The fourth-order valence-electron chi connectivity index (χ4n) is 2.26. The smallest absolute Gasteiger partial charge is 0.239 e. The van der Waals surface area contributed by atoms with Gasteiger partial charge >= 0.3 is 0 Å². The van der Waals surface area contributed by atoms with E-state index in [0.717, 1.165) is 0 Å². The quantitative estimate of drug-likeness (QED) is 0.650. The Morgan fingerprint density at radius 3 is 1.81 bits per heavy atom. The summed E-state index contributed by atoms with van der Waals surface area (Å²) in [6, 6.07) is 0. The lowest BCUT2D eigenvalue weighted by Crippen LogP contribution is -2.53. The largest absolute Gasteiger partial charge is 0.319 e. The number of amides is 1. The molecule has 5 heteroatoms. The normalized spacial score (nSPS) is 26.2. The predicted molar refractivity (Wildman–Crippen MR) is 63.6 cm³/mol. The van der Waals surface area contributed by atoms with Crippen molar-refractivity contribution in [1.29, 1.82) is 0 Å². The SMILES string of the molecule is CC(C)(C)C1N(C(C)(C)C)C(=O)CS1(=O)=O. The molecule has 0 aliphatic carbocycles. The minimum absolute atomic E-state index is 0.285. The fraction of sp³-hybridized carbons (Fsp3) is 0.909. The zero-order valence-corrected chi connectivity index (χ0v) is 11.7. The first-order valence-corrected chi connectivity index (χ1v) is 7.12. The van der Waals surface area contributed by atoms with Gasteiger partial charge in [0.2, 0.25) is 5.91 Å². The molecular weight excluding hydrogens is 226 g/mol. The number of hydrogen-bond acceptors (Lipinski definition) is 3. The lowest BCUT2D eigenvalue weighted by Gasteiger charge is -2.41. The second-order valence-corrected chi connectivity index (χ2v) is 8.52. The van der Waals surface area contributed by atoms with Crippen molar-refractivity contribution in [3.63, 3.8) is 0 Å². The van der Waals surface area contributed by atoms with Gasteiger partial charge < -0.3 is 4.90 Å². The lowest BCUT2D eigenvalue weighted by molar-refractivity contribution is -0.134. The molecule has 0 aromatic heterocycles. The van der Waals surface area contributed by atoms with Gasteiger partial charge in [0.25, 0.3) is 0 Å². The van der Waals surface area contributed by atoms with Crippen molar-refractivity contribution in [2.75, 3.05) is 5.75 Å². The van der Waals surface area contributed by atoms with Crippen LogP contribution >= 0.6 is 0 Å². The third-order valence-corrected chi connectivity index (χ3v) is 4.88. The van der Waals surface area contributed by atoms with Gasteiger partial charge in [-0.2, -0.15) is 0 Å². The summed E-state index contributed by atoms with van der Waals surface area (Å²) in [6.07, 6.45) is 0. The van der Waals surface area contributed by atoms with Crippen molar-refractivity contribution in [3.05, 3.63) is 0 Å². The highest BCUT2D eigenvalue weighted by molar-refractivity contribution is 7.93. The molecule has 94 valence electrons. The van der Waals surface area contributed by atoms with Crippen molar-refractivity contribution in [1.82, 2.24) is 4.90 Å². The van der Waals surface area contributed by atoms with Crippen LogP contribution in [0.3, 0.4) is 0 Å². The van der Waals surface area contributed by atoms with Gasteiger partial charge in [-0.05, 0) is 26.2 Å². The molecular formula is C11H21NO3S. The summed E-state index contributed by atoms with van der Waals surface area (Å²) in [5, 5.41) is -0.715. The molecule has 1 fully saturated rings. The molecule has 0 radical (unpaired) electrons. The van der Waals surface area contributed by atoms with Crippen LogP contribution in [0.25, 0.3) is 0 Å². The maximum absolute atomic E-state index is 12.0. The maximum Gasteiger partial charge on any atom is 0.239 e. The third kappa shape index (κ3) is 2.24. The molecule has 1 aliphatic rings. The zero-order chi connectivity index (χ0) is 12.9. The summed E-state index contributed by atoms with van der Waals surface area (Å²) in [7, 11) is -3.35. The van der Waals surface area contributed by atoms with Gasteiger partial charge in [0.1, 0.15) is 11.1 Å². The van der Waals surface area contributed by atoms with Crippen molar-refractivity contribution in [2.45, 2.75) is 52.5 Å². The molecule has 1 amide bonds. The van der Waals surface area contributed by atoms with E-state index in [1.165, 1.54) is 4.90 Å². The Morgan fingerprint density at radius 1 is 1.12 bits per heavy atom. The Balaban J connectivity index is 3.33. The van der Waals surface area contributed by atoms with E-state index in [1.807, 2.05) is 41.5 Å². The lowest BCUT2D eigenvalue weighted by atomic mass is 9.92. The minimum atomic E-state index is -3.35. The highest BCUT2D eigenvalue weighted by atomic mass is 32.2. The Hall–Kier alpha value is -0.580. The van der Waals surface area contributed by atoms with E-state index in [1.54, 1.807) is 0 Å². The molecule has 0 bridgehead atoms. The summed E-state index contributed by atoms with van der Waals surface area (Å²) >= 11 is 0. The zero-order valence-electron chi connectivity index (χ0n) is 10.9. The van der Waals surface area contributed by atoms with Crippen LogP contribution in [0.15, 0.2) is 0 Å². The summed E-state index contributed by atoms with van der Waals surface area (Å²) in [5.74, 6) is -0.640. The fourth-order valence-corrected chi connectivity index (χ4v) is 4.74. The highest BCUT2D eigenvalue weighted by Crippen LogP contribution is 2.37. The van der Waals surface area contributed by atoms with Gasteiger partial charge in [0, 0.05) is 5.54 Å².